The number of ether oxygens (including phenoxy) is 1. The maximum absolute atomic E-state index is 11.6. The lowest BCUT2D eigenvalue weighted by molar-refractivity contribution is -0.139. The second-order valence-corrected chi connectivity index (χ2v) is 5.76. The summed E-state index contributed by atoms with van der Waals surface area (Å²) in [5.74, 6) is -1.41. The number of amides is 2. The van der Waals surface area contributed by atoms with Crippen LogP contribution in [-0.4, -0.2) is 62.3 Å². The van der Waals surface area contributed by atoms with Crippen molar-refractivity contribution in [1.82, 2.24) is 15.6 Å². The van der Waals surface area contributed by atoms with Crippen molar-refractivity contribution in [3.8, 4) is 0 Å². The molecule has 0 aliphatic carbocycles. The van der Waals surface area contributed by atoms with Crippen LogP contribution >= 0.6 is 11.3 Å². The minimum absolute atomic E-state index is 0.470. The summed E-state index contributed by atoms with van der Waals surface area (Å²) in [6, 6.07) is 3.75. The van der Waals surface area contributed by atoms with Crippen molar-refractivity contribution in [3.63, 3.8) is 0 Å². The number of nitrogens with one attached hydrogen (secondary N) is 2. The molecule has 7 nitrogen and oxygen atoms in total. The van der Waals surface area contributed by atoms with Crippen LogP contribution in [-0.2, 0) is 14.3 Å². The molecule has 120 valence electrons. The van der Waals surface area contributed by atoms with E-state index in [2.05, 4.69) is 20.7 Å². The lowest BCUT2D eigenvalue weighted by atomic mass is 10.3. The Balaban J connectivity index is 1.57. The highest BCUT2D eigenvalue weighted by atomic mass is 32.1. The fourth-order valence-electron chi connectivity index (χ4n) is 1.98. The molecule has 0 aromatic carbocycles. The molecule has 2 rings (SSSR count). The zero-order chi connectivity index (χ0) is 15.6. The van der Waals surface area contributed by atoms with Gasteiger partial charge in [0.25, 0.3) is 0 Å². The van der Waals surface area contributed by atoms with E-state index in [0.29, 0.717) is 6.54 Å². The molecule has 8 heteroatoms. The topological polar surface area (TPSA) is 83.0 Å². The number of thiophene rings is 1. The van der Waals surface area contributed by atoms with Gasteiger partial charge in [0, 0.05) is 24.5 Å². The average molecular weight is 324 g/mol. The number of morpholine rings is 1. The highest BCUT2D eigenvalue weighted by Gasteiger charge is 2.13. The summed E-state index contributed by atoms with van der Waals surface area (Å²) in [5.41, 5.74) is 2.21. The zero-order valence-corrected chi connectivity index (χ0v) is 13.1. The van der Waals surface area contributed by atoms with Gasteiger partial charge in [-0.2, -0.15) is 5.10 Å². The first-order valence-electron chi connectivity index (χ1n) is 7.20. The van der Waals surface area contributed by atoms with Crippen LogP contribution in [0.1, 0.15) is 11.3 Å². The van der Waals surface area contributed by atoms with Crippen molar-refractivity contribution < 1.29 is 14.3 Å². The summed E-state index contributed by atoms with van der Waals surface area (Å²) in [5, 5.41) is 8.23. The zero-order valence-electron chi connectivity index (χ0n) is 12.3. The number of carbonyl (C=O) groups is 2. The molecule has 22 heavy (non-hydrogen) atoms. The van der Waals surface area contributed by atoms with Gasteiger partial charge >= 0.3 is 11.8 Å². The van der Waals surface area contributed by atoms with Crippen molar-refractivity contribution in [2.45, 2.75) is 6.42 Å². The van der Waals surface area contributed by atoms with E-state index in [9.17, 15) is 9.59 Å². The number of carbonyl (C=O) groups excluding carboxylic acids is 2. The molecule has 0 radical (unpaired) electrons. The molecule has 0 spiro atoms. The molecule has 0 bridgehead atoms. The smallest absolute Gasteiger partial charge is 0.329 e. The Labute approximate surface area is 133 Å². The Kier molecular flexibility index (Phi) is 7.01. The predicted molar refractivity (Wildman–Crippen MR) is 84.9 cm³/mol. The van der Waals surface area contributed by atoms with Gasteiger partial charge in [-0.05, 0) is 24.4 Å². The highest BCUT2D eigenvalue weighted by Crippen LogP contribution is 2.04. The van der Waals surface area contributed by atoms with Crippen LogP contribution in [0.25, 0.3) is 0 Å². The van der Waals surface area contributed by atoms with Crippen LogP contribution in [0.3, 0.4) is 0 Å². The van der Waals surface area contributed by atoms with E-state index in [1.54, 1.807) is 0 Å². The molecule has 2 N–H and O–H groups in total. The standard InChI is InChI=1S/C14H20N4O3S/c19-13(14(20)17-16-11-12-3-1-10-22-12)15-4-2-5-18-6-8-21-9-7-18/h1,3,10-11H,2,4-9H2,(H,15,19)(H,17,20)/b16-11+. The van der Waals surface area contributed by atoms with Gasteiger partial charge in [-0.3, -0.25) is 14.5 Å². The Morgan fingerprint density at radius 2 is 2.18 bits per heavy atom. The lowest BCUT2D eigenvalue weighted by Gasteiger charge is -2.26. The van der Waals surface area contributed by atoms with Gasteiger partial charge in [-0.25, -0.2) is 5.43 Å². The molecule has 0 saturated carbocycles. The third-order valence-electron chi connectivity index (χ3n) is 3.15. The van der Waals surface area contributed by atoms with Crippen molar-refractivity contribution in [3.05, 3.63) is 22.4 Å². The summed E-state index contributed by atoms with van der Waals surface area (Å²) in [7, 11) is 0. The van der Waals surface area contributed by atoms with E-state index in [-0.39, 0.29) is 0 Å². The second-order valence-electron chi connectivity index (χ2n) is 4.78. The molecular formula is C14H20N4O3S. The van der Waals surface area contributed by atoms with Crippen LogP contribution in [0.2, 0.25) is 0 Å². The number of hydrazone groups is 1. The quantitative estimate of drug-likeness (QED) is 0.335. The first kappa shape index (κ1) is 16.6. The second kappa shape index (κ2) is 9.29. The van der Waals surface area contributed by atoms with Crippen molar-refractivity contribution >= 4 is 29.4 Å². The summed E-state index contributed by atoms with van der Waals surface area (Å²) < 4.78 is 5.26. The Hall–Kier alpha value is -1.77. The fourth-order valence-corrected chi connectivity index (χ4v) is 2.56. The van der Waals surface area contributed by atoms with Crippen molar-refractivity contribution in [1.29, 1.82) is 0 Å². The van der Waals surface area contributed by atoms with Crippen LogP contribution in [0, 0.1) is 0 Å². The Bertz CT molecular complexity index is 498. The summed E-state index contributed by atoms with van der Waals surface area (Å²) in [6.07, 6.45) is 2.31. The van der Waals surface area contributed by atoms with E-state index in [1.807, 2.05) is 17.5 Å². The van der Waals surface area contributed by atoms with E-state index in [4.69, 9.17) is 4.74 Å². The van der Waals surface area contributed by atoms with Gasteiger partial charge in [0.1, 0.15) is 0 Å². The molecule has 1 aliphatic rings. The van der Waals surface area contributed by atoms with Gasteiger partial charge in [0.15, 0.2) is 0 Å². The summed E-state index contributed by atoms with van der Waals surface area (Å²) in [6.45, 7) is 4.73. The molecule has 1 aliphatic heterocycles. The lowest BCUT2D eigenvalue weighted by Crippen LogP contribution is -2.40. The minimum Gasteiger partial charge on any atom is -0.379 e. The van der Waals surface area contributed by atoms with Crippen molar-refractivity contribution in [2.75, 3.05) is 39.4 Å². The fraction of sp³-hybridized carbons (Fsp3) is 0.500. The molecular weight excluding hydrogens is 304 g/mol. The minimum atomic E-state index is -0.751. The maximum Gasteiger partial charge on any atom is 0.329 e. The molecule has 0 atom stereocenters. The number of hydrogen-bond donors (Lipinski definition) is 2. The number of hydrogen-bond acceptors (Lipinski definition) is 6. The largest absolute Gasteiger partial charge is 0.379 e. The van der Waals surface area contributed by atoms with Crippen molar-refractivity contribution in [2.24, 2.45) is 5.10 Å². The van der Waals surface area contributed by atoms with E-state index < -0.39 is 11.8 Å². The summed E-state index contributed by atoms with van der Waals surface area (Å²) >= 11 is 1.50. The summed E-state index contributed by atoms with van der Waals surface area (Å²) in [4.78, 5) is 26.3. The van der Waals surface area contributed by atoms with Gasteiger partial charge in [0.2, 0.25) is 0 Å². The van der Waals surface area contributed by atoms with Crippen LogP contribution in [0.15, 0.2) is 22.6 Å². The first-order chi connectivity index (χ1) is 10.8. The highest BCUT2D eigenvalue weighted by molar-refractivity contribution is 7.11. The van der Waals surface area contributed by atoms with Gasteiger partial charge < -0.3 is 10.1 Å². The SMILES string of the molecule is O=C(NCCCN1CCOCC1)C(=O)N/N=C/c1cccs1. The average Bonchev–Trinajstić information content (AvgIpc) is 3.05. The van der Waals surface area contributed by atoms with Gasteiger partial charge in [0.05, 0.1) is 19.4 Å². The monoisotopic (exact) mass is 324 g/mol. The third kappa shape index (κ3) is 5.92. The normalized spacial score (nSPS) is 15.8. The molecule has 0 unspecified atom stereocenters. The van der Waals surface area contributed by atoms with E-state index in [1.165, 1.54) is 17.6 Å². The molecule has 1 aromatic heterocycles. The molecule has 1 fully saturated rings. The van der Waals surface area contributed by atoms with E-state index >= 15 is 0 Å². The number of rotatable bonds is 6. The number of nitrogens with zero attached hydrogens (tertiary/aromatic N) is 2. The predicted octanol–water partition coefficient (Wildman–Crippen LogP) is 0.0367. The Morgan fingerprint density at radius 3 is 2.91 bits per heavy atom. The van der Waals surface area contributed by atoms with E-state index in [0.717, 1.165) is 44.1 Å². The van der Waals surface area contributed by atoms with Crippen LogP contribution in [0.5, 0.6) is 0 Å². The third-order valence-corrected chi connectivity index (χ3v) is 3.95. The Morgan fingerprint density at radius 1 is 1.36 bits per heavy atom. The molecule has 2 heterocycles. The van der Waals surface area contributed by atoms with Gasteiger partial charge in [-0.15, -0.1) is 11.3 Å². The van der Waals surface area contributed by atoms with Crippen LogP contribution in [0.4, 0.5) is 0 Å². The first-order valence-corrected chi connectivity index (χ1v) is 8.08. The van der Waals surface area contributed by atoms with Gasteiger partial charge in [-0.1, -0.05) is 6.07 Å². The van der Waals surface area contributed by atoms with Crippen LogP contribution < -0.4 is 10.7 Å². The molecule has 1 aromatic rings. The maximum atomic E-state index is 11.6. The molecule has 1 saturated heterocycles. The molecule has 2 amide bonds.